The van der Waals surface area contributed by atoms with Crippen LogP contribution in [0, 0.1) is 0 Å². The molecule has 0 fully saturated rings. The second-order valence-electron chi connectivity index (χ2n) is 9.62. The highest BCUT2D eigenvalue weighted by Crippen LogP contribution is 2.39. The minimum atomic E-state index is 0.122. The second kappa shape index (κ2) is 10.7. The number of benzene rings is 2. The molecular weight excluding hydrogens is 555 g/mol. The first-order valence-electron chi connectivity index (χ1n) is 12.8. The summed E-state index contributed by atoms with van der Waals surface area (Å²) < 4.78 is 22.1. The van der Waals surface area contributed by atoms with Gasteiger partial charge in [-0.05, 0) is 82.6 Å². The molecule has 208 valence electrons. The van der Waals surface area contributed by atoms with Gasteiger partial charge in [-0.2, -0.15) is 9.97 Å². The number of rotatable bonds is 6. The Labute approximate surface area is 241 Å². The standard InChI is InChI=1S/C28H28Cl2N6O4/c1-37-19-9-15-5-7-35(13-17(15)11-21(19)39-3)25-23-24(32-27(29)33-25)26(34-28(30)31-23)36-8-6-16-10-20(38-2)22(40-4)12-18(16)14-36/h9-12H,5-8,13-14H2,1-4H3. The van der Waals surface area contributed by atoms with Crippen LogP contribution in [0.25, 0.3) is 11.0 Å². The molecule has 2 aromatic heterocycles. The number of methoxy groups -OCH3 is 4. The average molecular weight is 583 g/mol. The van der Waals surface area contributed by atoms with Gasteiger partial charge in [0.2, 0.25) is 10.6 Å². The van der Waals surface area contributed by atoms with Crippen LogP contribution in [-0.2, 0) is 25.9 Å². The van der Waals surface area contributed by atoms with Crippen LogP contribution in [-0.4, -0.2) is 61.5 Å². The molecule has 40 heavy (non-hydrogen) atoms. The van der Waals surface area contributed by atoms with Crippen LogP contribution in [0.3, 0.4) is 0 Å². The van der Waals surface area contributed by atoms with E-state index in [4.69, 9.17) is 42.1 Å². The van der Waals surface area contributed by atoms with Crippen molar-refractivity contribution in [3.63, 3.8) is 0 Å². The largest absolute Gasteiger partial charge is 0.493 e. The van der Waals surface area contributed by atoms with Gasteiger partial charge >= 0.3 is 0 Å². The van der Waals surface area contributed by atoms with Crippen LogP contribution < -0.4 is 28.7 Å². The summed E-state index contributed by atoms with van der Waals surface area (Å²) in [7, 11) is 6.55. The number of hydrogen-bond donors (Lipinski definition) is 0. The maximum atomic E-state index is 6.51. The lowest BCUT2D eigenvalue weighted by molar-refractivity contribution is 0.353. The zero-order chi connectivity index (χ0) is 28.0. The predicted molar refractivity (Wildman–Crippen MR) is 154 cm³/mol. The number of ether oxygens (including phenoxy) is 4. The van der Waals surface area contributed by atoms with Crippen molar-refractivity contribution in [2.24, 2.45) is 0 Å². The molecular formula is C28H28Cl2N6O4. The van der Waals surface area contributed by atoms with Crippen molar-refractivity contribution in [3.8, 4) is 23.0 Å². The third kappa shape index (κ3) is 4.65. The lowest BCUT2D eigenvalue weighted by Gasteiger charge is -2.32. The number of aromatic nitrogens is 4. The summed E-state index contributed by atoms with van der Waals surface area (Å²) in [5.74, 6) is 4.03. The molecule has 2 aromatic carbocycles. The molecule has 0 saturated heterocycles. The molecule has 4 aromatic rings. The fraction of sp³-hybridized carbons (Fsp3) is 0.357. The van der Waals surface area contributed by atoms with E-state index in [1.54, 1.807) is 28.4 Å². The van der Waals surface area contributed by atoms with Gasteiger partial charge < -0.3 is 28.7 Å². The lowest BCUT2D eigenvalue weighted by atomic mass is 9.98. The molecule has 0 spiro atoms. The van der Waals surface area contributed by atoms with Crippen molar-refractivity contribution in [1.82, 2.24) is 19.9 Å². The zero-order valence-electron chi connectivity index (χ0n) is 22.6. The quantitative estimate of drug-likeness (QED) is 0.292. The van der Waals surface area contributed by atoms with Crippen molar-refractivity contribution in [1.29, 1.82) is 0 Å². The monoisotopic (exact) mass is 582 g/mol. The number of nitrogens with zero attached hydrogens (tertiary/aromatic N) is 6. The zero-order valence-corrected chi connectivity index (χ0v) is 24.1. The molecule has 0 radical (unpaired) electrons. The summed E-state index contributed by atoms with van der Waals surface area (Å²) in [6.45, 7) is 2.60. The normalized spacial score (nSPS) is 14.6. The summed E-state index contributed by atoms with van der Waals surface area (Å²) in [6, 6.07) is 8.08. The average Bonchev–Trinajstić information content (AvgIpc) is 2.98. The van der Waals surface area contributed by atoms with Crippen molar-refractivity contribution in [2.75, 3.05) is 51.3 Å². The maximum absolute atomic E-state index is 6.51. The summed E-state index contributed by atoms with van der Waals surface area (Å²) in [5, 5.41) is 0.244. The Morgan fingerprint density at radius 2 is 0.900 bits per heavy atom. The van der Waals surface area contributed by atoms with Crippen molar-refractivity contribution in [3.05, 3.63) is 57.1 Å². The molecule has 0 N–H and O–H groups in total. The molecule has 0 atom stereocenters. The lowest BCUT2D eigenvalue weighted by Crippen LogP contribution is -2.33. The van der Waals surface area contributed by atoms with E-state index in [9.17, 15) is 0 Å². The molecule has 12 heteroatoms. The van der Waals surface area contributed by atoms with E-state index in [0.717, 1.165) is 24.0 Å². The van der Waals surface area contributed by atoms with E-state index >= 15 is 0 Å². The Balaban J connectivity index is 1.39. The molecule has 0 amide bonds. The minimum absolute atomic E-state index is 0.122. The van der Waals surface area contributed by atoms with Gasteiger partial charge in [-0.25, -0.2) is 9.97 Å². The Bertz CT molecular complexity index is 1500. The van der Waals surface area contributed by atoms with Crippen LogP contribution in [0.4, 0.5) is 11.6 Å². The highest BCUT2D eigenvalue weighted by Gasteiger charge is 2.28. The Hall–Kier alpha value is -3.76. The fourth-order valence-corrected chi connectivity index (χ4v) is 5.83. The van der Waals surface area contributed by atoms with Crippen LogP contribution in [0.15, 0.2) is 24.3 Å². The number of hydrogen-bond acceptors (Lipinski definition) is 10. The number of halogens is 2. The van der Waals surface area contributed by atoms with Crippen LogP contribution in [0.5, 0.6) is 23.0 Å². The first kappa shape index (κ1) is 26.5. The van der Waals surface area contributed by atoms with Gasteiger partial charge in [0, 0.05) is 26.2 Å². The van der Waals surface area contributed by atoms with Crippen molar-refractivity contribution < 1.29 is 18.9 Å². The third-order valence-corrected chi connectivity index (χ3v) is 7.83. The molecule has 0 unspecified atom stereocenters. The van der Waals surface area contributed by atoms with Crippen LogP contribution in [0.2, 0.25) is 10.6 Å². The van der Waals surface area contributed by atoms with Crippen molar-refractivity contribution in [2.45, 2.75) is 25.9 Å². The first-order valence-corrected chi connectivity index (χ1v) is 13.6. The SMILES string of the molecule is COc1cc2c(cc1OC)CN(c1nc(Cl)nc3c(N4CCc5cc(OC)c(OC)cc5C4)nc(Cl)nc13)CC2. The van der Waals surface area contributed by atoms with Crippen LogP contribution in [0.1, 0.15) is 22.3 Å². The predicted octanol–water partition coefficient (Wildman–Crippen LogP) is 4.89. The van der Waals surface area contributed by atoms with Gasteiger partial charge in [0.25, 0.3) is 0 Å². The van der Waals surface area contributed by atoms with E-state index in [-0.39, 0.29) is 10.6 Å². The minimum Gasteiger partial charge on any atom is -0.493 e. The fourth-order valence-electron chi connectivity index (χ4n) is 5.50. The Morgan fingerprint density at radius 3 is 1.25 bits per heavy atom. The van der Waals surface area contributed by atoms with Gasteiger partial charge in [-0.15, -0.1) is 0 Å². The van der Waals surface area contributed by atoms with E-state index in [0.29, 0.717) is 71.8 Å². The number of fused-ring (bicyclic) bond motifs is 3. The molecule has 0 aliphatic carbocycles. The summed E-state index contributed by atoms with van der Waals surface area (Å²) in [4.78, 5) is 22.6. The molecule has 0 bridgehead atoms. The van der Waals surface area contributed by atoms with E-state index < -0.39 is 0 Å². The summed E-state index contributed by atoms with van der Waals surface area (Å²) in [5.41, 5.74) is 5.74. The smallest absolute Gasteiger partial charge is 0.225 e. The van der Waals surface area contributed by atoms with E-state index in [1.165, 1.54) is 11.1 Å². The maximum Gasteiger partial charge on any atom is 0.225 e. The molecule has 10 nitrogen and oxygen atoms in total. The molecule has 4 heterocycles. The topological polar surface area (TPSA) is 95.0 Å². The third-order valence-electron chi connectivity index (χ3n) is 7.49. The van der Waals surface area contributed by atoms with Crippen molar-refractivity contribution >= 4 is 45.9 Å². The number of anilines is 2. The second-order valence-corrected chi connectivity index (χ2v) is 10.3. The van der Waals surface area contributed by atoms with Gasteiger partial charge in [-0.3, -0.25) is 0 Å². The molecule has 6 rings (SSSR count). The Morgan fingerprint density at radius 1 is 0.550 bits per heavy atom. The van der Waals surface area contributed by atoms with Gasteiger partial charge in [0.15, 0.2) is 34.6 Å². The highest BCUT2D eigenvalue weighted by molar-refractivity contribution is 6.30. The van der Waals surface area contributed by atoms with Crippen LogP contribution >= 0.6 is 23.2 Å². The van der Waals surface area contributed by atoms with E-state index in [1.807, 2.05) is 24.3 Å². The molecule has 0 saturated carbocycles. The summed E-state index contributed by atoms with van der Waals surface area (Å²) >= 11 is 13.0. The van der Waals surface area contributed by atoms with Gasteiger partial charge in [-0.1, -0.05) is 0 Å². The molecule has 2 aliphatic rings. The van der Waals surface area contributed by atoms with Gasteiger partial charge in [0.1, 0.15) is 11.0 Å². The first-order chi connectivity index (χ1) is 19.4. The summed E-state index contributed by atoms with van der Waals surface area (Å²) in [6.07, 6.45) is 1.58. The van der Waals surface area contributed by atoms with E-state index in [2.05, 4.69) is 29.7 Å². The highest BCUT2D eigenvalue weighted by atomic mass is 35.5. The van der Waals surface area contributed by atoms with Gasteiger partial charge in [0.05, 0.1) is 28.4 Å². The Kier molecular flexibility index (Phi) is 7.06. The molecule has 2 aliphatic heterocycles.